The van der Waals surface area contributed by atoms with Crippen molar-refractivity contribution in [1.29, 1.82) is 0 Å². The average molecular weight is 920 g/mol. The van der Waals surface area contributed by atoms with Gasteiger partial charge in [-0.3, -0.25) is 0 Å². The number of ether oxygens (including phenoxy) is 3. The Morgan fingerprint density at radius 2 is 1.18 bits per heavy atom. The Morgan fingerprint density at radius 1 is 0.720 bits per heavy atom. The summed E-state index contributed by atoms with van der Waals surface area (Å²) in [6.45, 7) is 1.26. The van der Waals surface area contributed by atoms with Crippen molar-refractivity contribution >= 4 is 73.7 Å². The van der Waals surface area contributed by atoms with Crippen LogP contribution in [0.15, 0.2) is 110 Å². The molecule has 0 saturated heterocycles. The number of benzene rings is 2. The van der Waals surface area contributed by atoms with Gasteiger partial charge in [-0.15, -0.1) is 70.5 Å². The van der Waals surface area contributed by atoms with Gasteiger partial charge in [0.15, 0.2) is 23.0 Å². The van der Waals surface area contributed by atoms with Gasteiger partial charge in [-0.2, -0.15) is 18.7 Å². The average Bonchev–Trinajstić information content (AvgIpc) is 3.79. The zero-order valence-corrected chi connectivity index (χ0v) is 32.4. The minimum absolute atomic E-state index is 0.0290. The van der Waals surface area contributed by atoms with Gasteiger partial charge in [-0.1, -0.05) is 24.3 Å². The summed E-state index contributed by atoms with van der Waals surface area (Å²) in [5.41, 5.74) is 1.93. The summed E-state index contributed by atoms with van der Waals surface area (Å²) in [6.07, 6.45) is 10.6. The van der Waals surface area contributed by atoms with Gasteiger partial charge in [0.1, 0.15) is 0 Å². The van der Waals surface area contributed by atoms with Crippen LogP contribution in [-0.2, 0) is 13.1 Å². The molecule has 18 heteroatoms. The first-order valence-electron chi connectivity index (χ1n) is 14.1. The van der Waals surface area contributed by atoms with Crippen LogP contribution in [0.25, 0.3) is 0 Å². The quantitative estimate of drug-likeness (QED) is 0.0868. The number of halogens is 7. The molecule has 0 saturated carbocycles. The Labute approximate surface area is 322 Å². The van der Waals surface area contributed by atoms with Crippen LogP contribution in [0.4, 0.5) is 8.78 Å². The summed E-state index contributed by atoms with van der Waals surface area (Å²) >= 11 is 18.8. The molecule has 0 aliphatic heterocycles. The van der Waals surface area contributed by atoms with Crippen molar-refractivity contribution < 1.29 is 28.1 Å². The fourth-order valence-corrected chi connectivity index (χ4v) is 3.94. The van der Waals surface area contributed by atoms with E-state index in [9.17, 15) is 13.9 Å². The Kier molecular flexibility index (Phi) is 18.1. The van der Waals surface area contributed by atoms with E-state index in [0.29, 0.717) is 24.6 Å². The van der Waals surface area contributed by atoms with E-state index in [2.05, 4.69) is 67.2 Å². The lowest BCUT2D eigenvalue weighted by Gasteiger charge is -2.11. The van der Waals surface area contributed by atoms with E-state index in [1.165, 1.54) is 30.3 Å². The van der Waals surface area contributed by atoms with E-state index in [4.69, 9.17) is 37.4 Å². The molecule has 4 heterocycles. The van der Waals surface area contributed by atoms with Crippen LogP contribution in [0.1, 0.15) is 11.1 Å². The monoisotopic (exact) mass is 916 g/mol. The number of pyridine rings is 2. The van der Waals surface area contributed by atoms with Crippen LogP contribution < -0.4 is 14.2 Å². The van der Waals surface area contributed by atoms with Gasteiger partial charge < -0.3 is 28.5 Å². The molecular formula is C32H28BBr3Cl2F2N6O4. The summed E-state index contributed by atoms with van der Waals surface area (Å²) in [4.78, 5) is 15.2. The van der Waals surface area contributed by atoms with Crippen LogP contribution in [-0.4, -0.2) is 49.8 Å². The highest BCUT2D eigenvalue weighted by Gasteiger charge is 2.10. The Balaban J connectivity index is 0.000000229. The van der Waals surface area contributed by atoms with Gasteiger partial charge in [0.2, 0.25) is 23.7 Å². The fraction of sp³-hybridized carbons (Fsp3) is 0.125. The number of hydrogen-bond donors (Lipinski definition) is 1. The molecule has 10 nitrogen and oxygen atoms in total. The van der Waals surface area contributed by atoms with Crippen LogP contribution in [0.5, 0.6) is 34.8 Å². The predicted molar refractivity (Wildman–Crippen MR) is 201 cm³/mol. The standard InChI is InChI=1S/C16H14FN3O2.C15H12FN3O2.CH2Cl2.BBr3/c1-21-14-9-12(10-20-8-7-18-11-20)5-6-13(14)22-16-4-2-3-15(17)19-16;16-14-2-1-3-15(18-14)21-13-5-4-11(8-12(13)20)9-19-7-6-17-10-19;2-1-3;2-1(3)4/h2-9,11H,10H2,1H3;1-8,10,20H,9H2;1H2;. The lowest BCUT2D eigenvalue weighted by Crippen LogP contribution is -1.98. The predicted octanol–water partition coefficient (Wildman–Crippen LogP) is 9.81. The molecule has 0 bridgehead atoms. The van der Waals surface area contributed by atoms with Crippen molar-refractivity contribution in [2.75, 3.05) is 12.4 Å². The molecule has 6 aromatic rings. The van der Waals surface area contributed by atoms with Gasteiger partial charge in [0, 0.05) is 50.0 Å². The highest BCUT2D eigenvalue weighted by atomic mass is 79.9. The van der Waals surface area contributed by atoms with Crippen molar-refractivity contribution in [3.05, 3.63) is 133 Å². The number of nitrogens with zero attached hydrogens (tertiary/aromatic N) is 6. The number of phenols is 1. The Bertz CT molecular complexity index is 1860. The number of phenolic OH excluding ortho intramolecular Hbond substituents is 1. The van der Waals surface area contributed by atoms with Crippen molar-refractivity contribution in [1.82, 2.24) is 29.1 Å². The molecule has 0 amide bonds. The number of alkyl halides is 2. The van der Waals surface area contributed by atoms with Crippen molar-refractivity contribution in [2.24, 2.45) is 0 Å². The number of aromatic nitrogens is 6. The lowest BCUT2D eigenvalue weighted by molar-refractivity contribution is 0.370. The van der Waals surface area contributed by atoms with Crippen molar-refractivity contribution in [3.8, 4) is 34.8 Å². The van der Waals surface area contributed by atoms with Crippen molar-refractivity contribution in [3.63, 3.8) is 0 Å². The number of methoxy groups -OCH3 is 1. The summed E-state index contributed by atoms with van der Waals surface area (Å²) in [7, 11) is 1.56. The first-order valence-corrected chi connectivity index (χ1v) is 18.0. The SMILES string of the molecule is BrB(Br)Br.COc1cc(Cn2ccnc2)ccc1Oc1cccc(F)n1.ClCCl.Oc1cc(Cn2ccnc2)ccc1Oc1cccc(F)n1. The number of aromatic hydroxyl groups is 1. The number of hydrogen-bond acceptors (Lipinski definition) is 8. The molecule has 0 unspecified atom stereocenters. The molecule has 2 aromatic carbocycles. The van der Waals surface area contributed by atoms with E-state index in [1.807, 2.05) is 39.7 Å². The zero-order valence-electron chi connectivity index (χ0n) is 26.1. The molecule has 0 aliphatic rings. The molecule has 0 radical (unpaired) electrons. The van der Waals surface area contributed by atoms with E-state index in [-0.39, 0.29) is 31.8 Å². The third-order valence-corrected chi connectivity index (χ3v) is 5.91. The first kappa shape index (κ1) is 40.7. The summed E-state index contributed by atoms with van der Waals surface area (Å²) in [5, 5.41) is 10.2. The zero-order chi connectivity index (χ0) is 36.3. The third kappa shape index (κ3) is 15.0. The van der Waals surface area contributed by atoms with E-state index < -0.39 is 11.9 Å². The van der Waals surface area contributed by atoms with Crippen LogP contribution in [0.3, 0.4) is 0 Å². The maximum atomic E-state index is 13.1. The molecular weight excluding hydrogens is 892 g/mol. The summed E-state index contributed by atoms with van der Waals surface area (Å²) in [6, 6.07) is 19.2. The van der Waals surface area contributed by atoms with E-state index in [0.717, 1.165) is 11.1 Å². The smallest absolute Gasteiger partial charge is 0.369 e. The second-order valence-corrected chi connectivity index (χ2v) is 16.6. The van der Waals surface area contributed by atoms with Crippen molar-refractivity contribution in [2.45, 2.75) is 13.1 Å². The molecule has 50 heavy (non-hydrogen) atoms. The Morgan fingerprint density at radius 3 is 1.60 bits per heavy atom. The molecule has 0 aliphatic carbocycles. The van der Waals surface area contributed by atoms with Crippen LogP contribution >= 0.6 is 70.5 Å². The molecule has 262 valence electrons. The maximum Gasteiger partial charge on any atom is 0.369 e. The van der Waals surface area contributed by atoms with Crippen LogP contribution in [0, 0.1) is 11.9 Å². The molecule has 0 fully saturated rings. The number of rotatable bonds is 9. The second-order valence-electron chi connectivity index (χ2n) is 9.41. The highest BCUT2D eigenvalue weighted by Crippen LogP contribution is 2.32. The summed E-state index contributed by atoms with van der Waals surface area (Å²) in [5.74, 6) is 0.282. The van der Waals surface area contributed by atoms with Gasteiger partial charge in [-0.25, -0.2) is 9.97 Å². The first-order chi connectivity index (χ1) is 24.1. The second kappa shape index (κ2) is 22.2. The lowest BCUT2D eigenvalue weighted by atomic mass is 10.2. The van der Waals surface area contributed by atoms with Crippen LogP contribution in [0.2, 0.25) is 0 Å². The molecule has 4 aromatic heterocycles. The van der Waals surface area contributed by atoms with Gasteiger partial charge in [-0.05, 0) is 47.5 Å². The highest BCUT2D eigenvalue weighted by molar-refractivity contribution is 9.69. The minimum Gasteiger partial charge on any atom is -0.504 e. The molecule has 1 N–H and O–H groups in total. The third-order valence-electron chi connectivity index (χ3n) is 5.91. The van der Waals surface area contributed by atoms with Gasteiger partial charge >= 0.3 is 3.18 Å². The van der Waals surface area contributed by atoms with E-state index >= 15 is 0 Å². The molecule has 0 spiro atoms. The fourth-order valence-electron chi connectivity index (χ4n) is 3.94. The largest absolute Gasteiger partial charge is 0.504 e. The minimum atomic E-state index is -0.635. The van der Waals surface area contributed by atoms with Gasteiger partial charge in [0.25, 0.3) is 0 Å². The van der Waals surface area contributed by atoms with Gasteiger partial charge in [0.05, 0.1) is 25.1 Å². The van der Waals surface area contributed by atoms with E-state index in [1.54, 1.807) is 56.4 Å². The summed E-state index contributed by atoms with van der Waals surface area (Å²) < 4.78 is 46.5. The Hall–Kier alpha value is -3.70. The topological polar surface area (TPSA) is 109 Å². The maximum absolute atomic E-state index is 13.1. The number of imidazole rings is 2. The molecule has 0 atom stereocenters. The molecule has 6 rings (SSSR count). The normalized spacial score (nSPS) is 9.92.